The van der Waals surface area contributed by atoms with Crippen LogP contribution in [0.1, 0.15) is 39.5 Å². The van der Waals surface area contributed by atoms with E-state index < -0.39 is 11.4 Å². The number of carbonyl (C=O) groups is 2. The Morgan fingerprint density at radius 2 is 1.83 bits per heavy atom. The Morgan fingerprint density at radius 1 is 1.28 bits per heavy atom. The molecule has 1 aliphatic rings. The molecule has 1 aliphatic heterocycles. The Hall–Kier alpha value is -1.26. The van der Waals surface area contributed by atoms with Crippen molar-refractivity contribution < 1.29 is 14.7 Å². The van der Waals surface area contributed by atoms with Crippen molar-refractivity contribution in [2.24, 2.45) is 5.41 Å². The van der Waals surface area contributed by atoms with Crippen molar-refractivity contribution in [1.82, 2.24) is 9.80 Å². The minimum absolute atomic E-state index is 0.00740. The van der Waals surface area contributed by atoms with Gasteiger partial charge in [-0.25, -0.2) is 4.79 Å². The molecule has 2 amide bonds. The Morgan fingerprint density at radius 3 is 2.22 bits per heavy atom. The number of carbonyl (C=O) groups excluding carboxylic acids is 1. The maximum Gasteiger partial charge on any atom is 0.319 e. The van der Waals surface area contributed by atoms with Crippen LogP contribution >= 0.6 is 0 Å². The highest BCUT2D eigenvalue weighted by Gasteiger charge is 2.41. The second-order valence-electron chi connectivity index (χ2n) is 5.12. The Balaban J connectivity index is 2.63. The zero-order valence-electron chi connectivity index (χ0n) is 11.6. The smallest absolute Gasteiger partial charge is 0.319 e. The molecule has 0 unspecified atom stereocenters. The largest absolute Gasteiger partial charge is 0.481 e. The number of piperidine rings is 1. The van der Waals surface area contributed by atoms with E-state index in [4.69, 9.17) is 0 Å². The minimum atomic E-state index is -0.708. The second kappa shape index (κ2) is 6.07. The average Bonchev–Trinajstić information content (AvgIpc) is 2.38. The number of hydrogen-bond donors (Lipinski definition) is 1. The molecule has 0 radical (unpaired) electrons. The highest BCUT2D eigenvalue weighted by molar-refractivity contribution is 5.77. The van der Waals surface area contributed by atoms with E-state index in [1.54, 1.807) is 16.8 Å². The van der Waals surface area contributed by atoms with Gasteiger partial charge in [-0.15, -0.1) is 0 Å². The summed E-state index contributed by atoms with van der Waals surface area (Å²) in [4.78, 5) is 26.8. The lowest BCUT2D eigenvalue weighted by molar-refractivity contribution is -0.152. The summed E-state index contributed by atoms with van der Waals surface area (Å²) in [5.41, 5.74) is -0.615. The molecule has 1 saturated heterocycles. The molecule has 104 valence electrons. The first-order valence-corrected chi connectivity index (χ1v) is 6.70. The molecule has 1 rings (SSSR count). The molecule has 5 heteroatoms. The molecule has 1 heterocycles. The molecule has 0 aromatic carbocycles. The quantitative estimate of drug-likeness (QED) is 0.837. The van der Waals surface area contributed by atoms with Crippen LogP contribution in [0.15, 0.2) is 0 Å². The summed E-state index contributed by atoms with van der Waals surface area (Å²) in [6.45, 7) is 5.72. The number of nitrogens with zero attached hydrogens (tertiary/aromatic N) is 2. The molecule has 0 spiro atoms. The molecule has 0 aromatic rings. The van der Waals surface area contributed by atoms with Gasteiger partial charge < -0.3 is 14.9 Å². The van der Waals surface area contributed by atoms with Gasteiger partial charge in [0.1, 0.15) is 0 Å². The second-order valence-corrected chi connectivity index (χ2v) is 5.12. The van der Waals surface area contributed by atoms with Gasteiger partial charge in [0.2, 0.25) is 0 Å². The van der Waals surface area contributed by atoms with Crippen LogP contribution in [0, 0.1) is 5.41 Å². The fourth-order valence-corrected chi connectivity index (χ4v) is 2.55. The number of likely N-dealkylation sites (tertiary alicyclic amines) is 1. The molecule has 18 heavy (non-hydrogen) atoms. The van der Waals surface area contributed by atoms with Crippen molar-refractivity contribution in [3.8, 4) is 0 Å². The van der Waals surface area contributed by atoms with Gasteiger partial charge in [0.25, 0.3) is 0 Å². The number of amides is 2. The van der Waals surface area contributed by atoms with Crippen molar-refractivity contribution in [3.63, 3.8) is 0 Å². The third-order valence-corrected chi connectivity index (χ3v) is 3.97. The monoisotopic (exact) mass is 256 g/mol. The molecular formula is C13H24N2O3. The van der Waals surface area contributed by atoms with Crippen LogP contribution in [-0.4, -0.2) is 53.6 Å². The maximum atomic E-state index is 12.0. The summed E-state index contributed by atoms with van der Waals surface area (Å²) >= 11 is 0. The van der Waals surface area contributed by atoms with Gasteiger partial charge in [0.05, 0.1) is 5.41 Å². The molecule has 5 nitrogen and oxygen atoms in total. The first-order valence-electron chi connectivity index (χ1n) is 6.70. The Labute approximate surface area is 109 Å². The van der Waals surface area contributed by atoms with Crippen LogP contribution in [0.25, 0.3) is 0 Å². The molecule has 0 saturated carbocycles. The average molecular weight is 256 g/mol. The third kappa shape index (κ3) is 2.94. The van der Waals surface area contributed by atoms with Crippen LogP contribution in [0.4, 0.5) is 4.79 Å². The molecule has 1 fully saturated rings. The summed E-state index contributed by atoms with van der Waals surface area (Å²) in [5, 5.41) is 9.39. The van der Waals surface area contributed by atoms with Crippen molar-refractivity contribution in [3.05, 3.63) is 0 Å². The number of carboxylic acids is 1. The number of carboxylic acid groups (broad SMARTS) is 1. The van der Waals surface area contributed by atoms with Gasteiger partial charge >= 0.3 is 12.0 Å². The first-order chi connectivity index (χ1) is 8.46. The van der Waals surface area contributed by atoms with Crippen LogP contribution in [-0.2, 0) is 4.79 Å². The van der Waals surface area contributed by atoms with Crippen molar-refractivity contribution in [2.75, 3.05) is 26.7 Å². The third-order valence-electron chi connectivity index (χ3n) is 3.97. The zero-order chi connectivity index (χ0) is 13.8. The standard InChI is InChI=1S/C13H24N2O3/c1-4-6-13(11(16)17)7-9-15(10-8-13)12(18)14(3)5-2/h4-10H2,1-3H3,(H,16,17). The molecule has 0 aromatic heterocycles. The van der Waals surface area contributed by atoms with E-state index in [0.29, 0.717) is 38.9 Å². The van der Waals surface area contributed by atoms with Crippen LogP contribution in [0.5, 0.6) is 0 Å². The maximum absolute atomic E-state index is 12.0. The summed E-state index contributed by atoms with van der Waals surface area (Å²) in [6, 6.07) is 0.00740. The molecule has 0 aliphatic carbocycles. The summed E-state index contributed by atoms with van der Waals surface area (Å²) in [5.74, 6) is -0.708. The fraction of sp³-hybridized carbons (Fsp3) is 0.846. The summed E-state index contributed by atoms with van der Waals surface area (Å²) < 4.78 is 0. The van der Waals surface area contributed by atoms with Gasteiger partial charge in [-0.1, -0.05) is 13.3 Å². The lowest BCUT2D eigenvalue weighted by atomic mass is 9.75. The van der Waals surface area contributed by atoms with Gasteiger partial charge in [0, 0.05) is 26.7 Å². The number of rotatable bonds is 4. The predicted molar refractivity (Wildman–Crippen MR) is 69.5 cm³/mol. The Kier molecular flexibility index (Phi) is 4.99. The van der Waals surface area contributed by atoms with E-state index in [2.05, 4.69) is 0 Å². The van der Waals surface area contributed by atoms with E-state index in [-0.39, 0.29) is 6.03 Å². The number of hydrogen-bond acceptors (Lipinski definition) is 2. The van der Waals surface area contributed by atoms with E-state index in [1.807, 2.05) is 13.8 Å². The van der Waals surface area contributed by atoms with Crippen molar-refractivity contribution in [1.29, 1.82) is 0 Å². The predicted octanol–water partition coefficient (Wildman–Crippen LogP) is 2.03. The highest BCUT2D eigenvalue weighted by Crippen LogP contribution is 2.36. The topological polar surface area (TPSA) is 60.9 Å². The first kappa shape index (κ1) is 14.8. The van der Waals surface area contributed by atoms with Gasteiger partial charge in [-0.2, -0.15) is 0 Å². The van der Waals surface area contributed by atoms with Crippen molar-refractivity contribution >= 4 is 12.0 Å². The SMILES string of the molecule is CCCC1(C(=O)O)CCN(C(=O)N(C)CC)CC1. The van der Waals surface area contributed by atoms with Gasteiger partial charge in [0.15, 0.2) is 0 Å². The van der Waals surface area contributed by atoms with Gasteiger partial charge in [-0.3, -0.25) is 4.79 Å². The van der Waals surface area contributed by atoms with E-state index in [1.165, 1.54) is 0 Å². The van der Waals surface area contributed by atoms with Gasteiger partial charge in [-0.05, 0) is 26.2 Å². The number of aliphatic carboxylic acids is 1. The van der Waals surface area contributed by atoms with E-state index >= 15 is 0 Å². The number of urea groups is 1. The lowest BCUT2D eigenvalue weighted by Crippen LogP contribution is -2.49. The van der Waals surface area contributed by atoms with Crippen LogP contribution in [0.3, 0.4) is 0 Å². The van der Waals surface area contributed by atoms with Crippen LogP contribution in [0.2, 0.25) is 0 Å². The normalized spacial score (nSPS) is 18.5. The van der Waals surface area contributed by atoms with E-state index in [9.17, 15) is 14.7 Å². The molecule has 1 N–H and O–H groups in total. The molecule has 0 atom stereocenters. The lowest BCUT2D eigenvalue weighted by Gasteiger charge is -2.40. The zero-order valence-corrected chi connectivity index (χ0v) is 11.6. The molecule has 0 bridgehead atoms. The molecular weight excluding hydrogens is 232 g/mol. The summed E-state index contributed by atoms with van der Waals surface area (Å²) in [6.07, 6.45) is 2.71. The minimum Gasteiger partial charge on any atom is -0.481 e. The van der Waals surface area contributed by atoms with E-state index in [0.717, 1.165) is 6.42 Å². The highest BCUT2D eigenvalue weighted by atomic mass is 16.4. The Bertz CT molecular complexity index is 309. The fourth-order valence-electron chi connectivity index (χ4n) is 2.55. The summed E-state index contributed by atoms with van der Waals surface area (Å²) in [7, 11) is 1.77. The van der Waals surface area contributed by atoms with Crippen molar-refractivity contribution in [2.45, 2.75) is 39.5 Å². The van der Waals surface area contributed by atoms with Crippen LogP contribution < -0.4 is 0 Å².